The lowest BCUT2D eigenvalue weighted by Crippen LogP contribution is -2.25. The van der Waals surface area contributed by atoms with Gasteiger partial charge in [-0.2, -0.15) is 0 Å². The van der Waals surface area contributed by atoms with E-state index in [2.05, 4.69) is 5.32 Å². The van der Waals surface area contributed by atoms with Crippen LogP contribution in [0.1, 0.15) is 20.9 Å². The van der Waals surface area contributed by atoms with Gasteiger partial charge in [0.1, 0.15) is 0 Å². The van der Waals surface area contributed by atoms with E-state index in [-0.39, 0.29) is 17.0 Å². The maximum atomic E-state index is 12.2. The number of carboxylic acid groups (broad SMARTS) is 1. The number of aromatic carboxylic acids is 1. The second-order valence-electron chi connectivity index (χ2n) is 4.77. The molecule has 0 radical (unpaired) electrons. The maximum absolute atomic E-state index is 12.2. The number of anilines is 1. The molecule has 0 aliphatic carbocycles. The van der Waals surface area contributed by atoms with Crippen molar-refractivity contribution in [1.29, 1.82) is 0 Å². The number of nitrogens with one attached hydrogen (secondary N) is 1. The number of amides is 1. The quantitative estimate of drug-likeness (QED) is 0.788. The second kappa shape index (κ2) is 5.76. The Morgan fingerprint density at radius 2 is 1.70 bits per heavy atom. The zero-order valence-corrected chi connectivity index (χ0v) is 11.7. The van der Waals surface area contributed by atoms with Crippen molar-refractivity contribution in [2.75, 3.05) is 5.32 Å². The van der Waals surface area contributed by atoms with Gasteiger partial charge < -0.3 is 19.6 Å². The summed E-state index contributed by atoms with van der Waals surface area (Å²) in [6, 6.07) is 13.9. The fourth-order valence-electron chi connectivity index (χ4n) is 2.20. The zero-order valence-electron chi connectivity index (χ0n) is 11.7. The minimum Gasteiger partial charge on any atom is -0.545 e. The van der Waals surface area contributed by atoms with Crippen LogP contribution >= 0.6 is 0 Å². The monoisotopic (exact) mass is 308 g/mol. The highest BCUT2D eigenvalue weighted by atomic mass is 16.4. The van der Waals surface area contributed by atoms with Crippen LogP contribution in [0.3, 0.4) is 0 Å². The molecule has 0 aliphatic heterocycles. The Hall–Kier alpha value is -3.41. The van der Waals surface area contributed by atoms with Crippen LogP contribution in [0, 0.1) is 0 Å². The molecule has 3 rings (SSSR count). The highest BCUT2D eigenvalue weighted by molar-refractivity contribution is 6.07. The third-order valence-corrected chi connectivity index (χ3v) is 3.29. The number of rotatable bonds is 3. The summed E-state index contributed by atoms with van der Waals surface area (Å²) in [5, 5.41) is 14.4. The SMILES string of the molecule is O=C(Nc1ccccc1C(=O)[O-])c1cc2ccccc2c(=O)o1. The van der Waals surface area contributed by atoms with Gasteiger partial charge in [-0.3, -0.25) is 4.79 Å². The van der Waals surface area contributed by atoms with E-state index < -0.39 is 17.5 Å². The van der Waals surface area contributed by atoms with E-state index in [4.69, 9.17) is 4.42 Å². The lowest BCUT2D eigenvalue weighted by molar-refractivity contribution is -0.254. The predicted octanol–water partition coefficient (Wildman–Crippen LogP) is 1.41. The first kappa shape index (κ1) is 14.5. The Kier molecular flexibility index (Phi) is 3.64. The normalized spacial score (nSPS) is 10.4. The van der Waals surface area contributed by atoms with Crippen molar-refractivity contribution in [2.45, 2.75) is 0 Å². The maximum Gasteiger partial charge on any atom is 0.344 e. The molecule has 0 saturated heterocycles. The molecule has 0 atom stereocenters. The summed E-state index contributed by atoms with van der Waals surface area (Å²) in [6.07, 6.45) is 0. The molecule has 0 fully saturated rings. The summed E-state index contributed by atoms with van der Waals surface area (Å²) in [4.78, 5) is 35.1. The third kappa shape index (κ3) is 2.82. The predicted molar refractivity (Wildman–Crippen MR) is 81.2 cm³/mol. The first-order valence-corrected chi connectivity index (χ1v) is 6.71. The molecule has 1 heterocycles. The average molecular weight is 308 g/mol. The summed E-state index contributed by atoms with van der Waals surface area (Å²) in [7, 11) is 0. The van der Waals surface area contributed by atoms with Gasteiger partial charge in [0.2, 0.25) is 0 Å². The van der Waals surface area contributed by atoms with Gasteiger partial charge >= 0.3 is 5.63 Å². The van der Waals surface area contributed by atoms with Crippen molar-refractivity contribution < 1.29 is 19.1 Å². The molecule has 1 N–H and O–H groups in total. The number of carboxylic acids is 1. The van der Waals surface area contributed by atoms with Crippen molar-refractivity contribution in [2.24, 2.45) is 0 Å². The summed E-state index contributed by atoms with van der Waals surface area (Å²) in [5.41, 5.74) is -0.737. The Bertz CT molecular complexity index is 974. The summed E-state index contributed by atoms with van der Waals surface area (Å²) >= 11 is 0. The molecule has 0 bridgehead atoms. The number of hydrogen-bond donors (Lipinski definition) is 1. The first-order chi connectivity index (χ1) is 11.1. The number of para-hydroxylation sites is 1. The first-order valence-electron chi connectivity index (χ1n) is 6.71. The van der Waals surface area contributed by atoms with Crippen LogP contribution in [0.5, 0.6) is 0 Å². The van der Waals surface area contributed by atoms with Gasteiger partial charge in [0.05, 0.1) is 17.0 Å². The lowest BCUT2D eigenvalue weighted by atomic mass is 10.1. The molecule has 0 saturated carbocycles. The van der Waals surface area contributed by atoms with Gasteiger partial charge in [0, 0.05) is 5.56 Å². The second-order valence-corrected chi connectivity index (χ2v) is 4.77. The van der Waals surface area contributed by atoms with E-state index in [0.29, 0.717) is 10.8 Å². The molecular weight excluding hydrogens is 298 g/mol. The van der Waals surface area contributed by atoms with Crippen molar-refractivity contribution in [1.82, 2.24) is 0 Å². The summed E-state index contributed by atoms with van der Waals surface area (Å²) < 4.78 is 4.99. The minimum absolute atomic E-state index is 0.0632. The van der Waals surface area contributed by atoms with Gasteiger partial charge in [0.15, 0.2) is 5.76 Å². The number of hydrogen-bond acceptors (Lipinski definition) is 5. The molecule has 0 aliphatic rings. The van der Waals surface area contributed by atoms with E-state index in [1.165, 1.54) is 24.3 Å². The molecule has 2 aromatic carbocycles. The Morgan fingerprint density at radius 3 is 2.48 bits per heavy atom. The molecule has 3 aromatic rings. The van der Waals surface area contributed by atoms with Crippen molar-refractivity contribution >= 4 is 28.3 Å². The topological polar surface area (TPSA) is 99.4 Å². The average Bonchev–Trinajstić information content (AvgIpc) is 2.55. The van der Waals surface area contributed by atoms with E-state index in [0.717, 1.165) is 0 Å². The van der Waals surface area contributed by atoms with Crippen LogP contribution in [0.4, 0.5) is 5.69 Å². The van der Waals surface area contributed by atoms with Crippen LogP contribution in [0.2, 0.25) is 0 Å². The zero-order chi connectivity index (χ0) is 16.4. The van der Waals surface area contributed by atoms with E-state index in [1.54, 1.807) is 30.3 Å². The summed E-state index contributed by atoms with van der Waals surface area (Å²) in [5.74, 6) is -2.34. The van der Waals surface area contributed by atoms with Crippen LogP contribution in [-0.4, -0.2) is 11.9 Å². The van der Waals surface area contributed by atoms with E-state index in [1.807, 2.05) is 0 Å². The van der Waals surface area contributed by atoms with Gasteiger partial charge in [-0.25, -0.2) is 4.79 Å². The van der Waals surface area contributed by atoms with Gasteiger partial charge in [-0.15, -0.1) is 0 Å². The Balaban J connectivity index is 1.99. The standard InChI is InChI=1S/C17H11NO5/c19-15(18-13-8-4-3-7-12(13)16(20)21)14-9-10-5-1-2-6-11(10)17(22)23-14/h1-9H,(H,18,19)(H,20,21)/p-1. The third-order valence-electron chi connectivity index (χ3n) is 3.29. The largest absolute Gasteiger partial charge is 0.545 e. The molecule has 6 heteroatoms. The molecule has 1 amide bonds. The molecular formula is C17H10NO5-. The highest BCUT2D eigenvalue weighted by Crippen LogP contribution is 2.17. The number of benzene rings is 2. The van der Waals surface area contributed by atoms with Crippen molar-refractivity contribution in [3.63, 3.8) is 0 Å². The van der Waals surface area contributed by atoms with Gasteiger partial charge in [-0.1, -0.05) is 36.4 Å². The van der Waals surface area contributed by atoms with E-state index in [9.17, 15) is 19.5 Å². The van der Waals surface area contributed by atoms with Gasteiger partial charge in [0.25, 0.3) is 5.91 Å². The smallest absolute Gasteiger partial charge is 0.344 e. The van der Waals surface area contributed by atoms with E-state index >= 15 is 0 Å². The summed E-state index contributed by atoms with van der Waals surface area (Å²) in [6.45, 7) is 0. The van der Waals surface area contributed by atoms with Crippen LogP contribution in [0.15, 0.2) is 63.8 Å². The molecule has 114 valence electrons. The van der Waals surface area contributed by atoms with Crippen LogP contribution in [-0.2, 0) is 0 Å². The fraction of sp³-hybridized carbons (Fsp3) is 0. The fourth-order valence-corrected chi connectivity index (χ4v) is 2.20. The molecule has 0 spiro atoms. The number of carbonyl (C=O) groups excluding carboxylic acids is 2. The van der Waals surface area contributed by atoms with Gasteiger partial charge in [-0.05, 0) is 23.6 Å². The molecule has 23 heavy (non-hydrogen) atoms. The molecule has 1 aromatic heterocycles. The molecule has 6 nitrogen and oxygen atoms in total. The Labute approximate surface area is 130 Å². The highest BCUT2D eigenvalue weighted by Gasteiger charge is 2.14. The molecule has 0 unspecified atom stereocenters. The van der Waals surface area contributed by atoms with Crippen molar-refractivity contribution in [3.8, 4) is 0 Å². The number of carbonyl (C=O) groups is 2. The lowest BCUT2D eigenvalue weighted by Gasteiger charge is -2.11. The Morgan fingerprint density at radius 1 is 1.00 bits per heavy atom. The minimum atomic E-state index is -1.42. The van der Waals surface area contributed by atoms with Crippen LogP contribution < -0.4 is 16.0 Å². The number of fused-ring (bicyclic) bond motifs is 1. The van der Waals surface area contributed by atoms with Crippen LogP contribution in [0.25, 0.3) is 10.8 Å². The van der Waals surface area contributed by atoms with Crippen molar-refractivity contribution in [3.05, 3.63) is 76.3 Å².